The lowest BCUT2D eigenvalue weighted by molar-refractivity contribution is 0.0457. The number of hydrogen-bond acceptors (Lipinski definition) is 5. The number of aromatic nitrogens is 2. The van der Waals surface area contributed by atoms with Gasteiger partial charge < -0.3 is 15.0 Å². The molecule has 0 unspecified atom stereocenters. The Morgan fingerprint density at radius 1 is 1.65 bits per heavy atom. The Hall–Kier alpha value is -1.82. The number of nitrogens with zero attached hydrogens (tertiary/aromatic N) is 2. The zero-order chi connectivity index (χ0) is 12.4. The maximum atomic E-state index is 11.7. The van der Waals surface area contributed by atoms with Crippen molar-refractivity contribution in [2.45, 2.75) is 13.5 Å². The molecule has 0 fully saturated rings. The number of carbonyl (C=O) groups excluding carboxylic acids is 1. The van der Waals surface area contributed by atoms with Gasteiger partial charge in [0.1, 0.15) is 12.3 Å². The number of carbonyl (C=O) groups is 1. The van der Waals surface area contributed by atoms with E-state index in [-0.39, 0.29) is 6.61 Å². The summed E-state index contributed by atoms with van der Waals surface area (Å²) in [6.07, 6.45) is 1.67. The maximum Gasteiger partial charge on any atom is 0.355 e. The molecular formula is C11H13N3O2S. The van der Waals surface area contributed by atoms with Gasteiger partial charge in [-0.1, -0.05) is 0 Å². The highest BCUT2D eigenvalue weighted by molar-refractivity contribution is 7.09. The molecule has 0 bridgehead atoms. The number of nitrogens with two attached hydrogens (primary N) is 1. The number of aryl methyl sites for hydroxylation is 2. The summed E-state index contributed by atoms with van der Waals surface area (Å²) in [4.78, 5) is 15.9. The van der Waals surface area contributed by atoms with Gasteiger partial charge in [0.05, 0.1) is 16.4 Å². The van der Waals surface area contributed by atoms with E-state index < -0.39 is 5.97 Å². The van der Waals surface area contributed by atoms with Crippen LogP contribution in [0.5, 0.6) is 0 Å². The Labute approximate surface area is 103 Å². The van der Waals surface area contributed by atoms with Gasteiger partial charge in [-0.05, 0) is 13.0 Å². The molecule has 0 saturated heterocycles. The first kappa shape index (κ1) is 11.7. The van der Waals surface area contributed by atoms with Crippen molar-refractivity contribution in [2.24, 2.45) is 7.05 Å². The van der Waals surface area contributed by atoms with Crippen molar-refractivity contribution in [2.75, 3.05) is 5.73 Å². The third kappa shape index (κ3) is 2.65. The number of anilines is 1. The molecule has 0 aliphatic rings. The molecule has 0 aromatic carbocycles. The maximum absolute atomic E-state index is 11.7. The third-order valence-electron chi connectivity index (χ3n) is 2.25. The Morgan fingerprint density at radius 3 is 2.94 bits per heavy atom. The van der Waals surface area contributed by atoms with Gasteiger partial charge in [-0.25, -0.2) is 9.78 Å². The number of nitrogen functional groups attached to an aromatic ring is 1. The second-order valence-electron chi connectivity index (χ2n) is 3.70. The van der Waals surface area contributed by atoms with Crippen molar-refractivity contribution in [3.63, 3.8) is 0 Å². The molecule has 6 heteroatoms. The molecule has 0 radical (unpaired) electrons. The Kier molecular flexibility index (Phi) is 3.14. The van der Waals surface area contributed by atoms with E-state index in [1.807, 2.05) is 12.3 Å². The Balaban J connectivity index is 2.00. The van der Waals surface area contributed by atoms with Crippen molar-refractivity contribution in [3.05, 3.63) is 34.0 Å². The van der Waals surface area contributed by atoms with E-state index in [1.54, 1.807) is 23.9 Å². The van der Waals surface area contributed by atoms with Crippen LogP contribution in [0.15, 0.2) is 17.6 Å². The first-order chi connectivity index (χ1) is 8.06. The van der Waals surface area contributed by atoms with E-state index in [4.69, 9.17) is 10.5 Å². The highest BCUT2D eigenvalue weighted by Gasteiger charge is 2.12. The normalized spacial score (nSPS) is 10.5. The molecule has 0 atom stereocenters. The number of ether oxygens (including phenoxy) is 1. The lowest BCUT2D eigenvalue weighted by Gasteiger charge is -2.03. The highest BCUT2D eigenvalue weighted by Crippen LogP contribution is 2.12. The summed E-state index contributed by atoms with van der Waals surface area (Å²) in [6.45, 7) is 2.10. The van der Waals surface area contributed by atoms with Crippen molar-refractivity contribution >= 4 is 23.0 Å². The molecule has 0 saturated carbocycles. The topological polar surface area (TPSA) is 70.1 Å². The Bertz CT molecular complexity index is 545. The van der Waals surface area contributed by atoms with E-state index in [0.29, 0.717) is 11.4 Å². The molecule has 17 heavy (non-hydrogen) atoms. The largest absolute Gasteiger partial charge is 0.454 e. The van der Waals surface area contributed by atoms with E-state index in [2.05, 4.69) is 4.98 Å². The minimum absolute atomic E-state index is 0.189. The fourth-order valence-corrected chi connectivity index (χ4v) is 2.08. The fraction of sp³-hybridized carbons (Fsp3) is 0.273. The SMILES string of the molecule is Cc1nc(COC(=O)c2cc(N)cn2C)cs1. The van der Waals surface area contributed by atoms with Crippen LogP contribution in [0.3, 0.4) is 0 Å². The molecule has 2 aromatic rings. The van der Waals surface area contributed by atoms with Crippen LogP contribution in [0.4, 0.5) is 5.69 Å². The molecule has 0 aliphatic carbocycles. The van der Waals surface area contributed by atoms with Crippen LogP contribution in [0.1, 0.15) is 21.2 Å². The number of esters is 1. The van der Waals surface area contributed by atoms with Crippen LogP contribution in [0.25, 0.3) is 0 Å². The van der Waals surface area contributed by atoms with Gasteiger partial charge in [0.2, 0.25) is 0 Å². The van der Waals surface area contributed by atoms with E-state index >= 15 is 0 Å². The minimum atomic E-state index is -0.394. The Morgan fingerprint density at radius 2 is 2.41 bits per heavy atom. The zero-order valence-corrected chi connectivity index (χ0v) is 10.5. The second-order valence-corrected chi connectivity index (χ2v) is 4.77. The van der Waals surface area contributed by atoms with Crippen LogP contribution in [0, 0.1) is 6.92 Å². The standard InChI is InChI=1S/C11H13N3O2S/c1-7-13-9(6-17-7)5-16-11(15)10-3-8(12)4-14(10)2/h3-4,6H,5,12H2,1-2H3. The molecule has 2 rings (SSSR count). The summed E-state index contributed by atoms with van der Waals surface area (Å²) in [7, 11) is 1.75. The molecule has 0 aliphatic heterocycles. The molecule has 2 heterocycles. The minimum Gasteiger partial charge on any atom is -0.454 e. The van der Waals surface area contributed by atoms with Gasteiger partial charge in [-0.3, -0.25) is 0 Å². The van der Waals surface area contributed by atoms with E-state index in [9.17, 15) is 4.79 Å². The average Bonchev–Trinajstić information content (AvgIpc) is 2.81. The molecule has 5 nitrogen and oxygen atoms in total. The quantitative estimate of drug-likeness (QED) is 0.843. The first-order valence-electron chi connectivity index (χ1n) is 5.06. The number of rotatable bonds is 3. The van der Waals surface area contributed by atoms with Crippen LogP contribution < -0.4 is 5.73 Å². The van der Waals surface area contributed by atoms with Crippen LogP contribution in [0.2, 0.25) is 0 Å². The summed E-state index contributed by atoms with van der Waals surface area (Å²) in [6, 6.07) is 1.59. The smallest absolute Gasteiger partial charge is 0.355 e. The van der Waals surface area contributed by atoms with Gasteiger partial charge >= 0.3 is 5.97 Å². The van der Waals surface area contributed by atoms with Gasteiger partial charge in [0.15, 0.2) is 0 Å². The monoisotopic (exact) mass is 251 g/mol. The van der Waals surface area contributed by atoms with Gasteiger partial charge in [0.25, 0.3) is 0 Å². The molecule has 2 N–H and O–H groups in total. The van der Waals surface area contributed by atoms with Crippen molar-refractivity contribution in [1.82, 2.24) is 9.55 Å². The predicted molar refractivity (Wildman–Crippen MR) is 65.8 cm³/mol. The first-order valence-corrected chi connectivity index (χ1v) is 5.94. The van der Waals surface area contributed by atoms with Gasteiger partial charge in [0, 0.05) is 18.6 Å². The van der Waals surface area contributed by atoms with Crippen molar-refractivity contribution in [1.29, 1.82) is 0 Å². The molecule has 0 spiro atoms. The summed E-state index contributed by atoms with van der Waals surface area (Å²) in [5.41, 5.74) is 7.34. The van der Waals surface area contributed by atoms with E-state index in [1.165, 1.54) is 11.3 Å². The van der Waals surface area contributed by atoms with Crippen LogP contribution in [-0.4, -0.2) is 15.5 Å². The predicted octanol–water partition coefficient (Wildman–Crippen LogP) is 1.73. The van der Waals surface area contributed by atoms with E-state index in [0.717, 1.165) is 10.7 Å². The summed E-state index contributed by atoms with van der Waals surface area (Å²) in [5.74, 6) is -0.394. The second kappa shape index (κ2) is 4.58. The number of thiazole rings is 1. The highest BCUT2D eigenvalue weighted by atomic mass is 32.1. The average molecular weight is 251 g/mol. The zero-order valence-electron chi connectivity index (χ0n) is 9.64. The molecular weight excluding hydrogens is 238 g/mol. The number of hydrogen-bond donors (Lipinski definition) is 1. The lowest BCUT2D eigenvalue weighted by Crippen LogP contribution is -2.09. The van der Waals surface area contributed by atoms with Crippen LogP contribution >= 0.6 is 11.3 Å². The molecule has 90 valence electrons. The summed E-state index contributed by atoms with van der Waals surface area (Å²) in [5, 5.41) is 2.83. The summed E-state index contributed by atoms with van der Waals surface area (Å²) >= 11 is 1.53. The van der Waals surface area contributed by atoms with Crippen LogP contribution in [-0.2, 0) is 18.4 Å². The van der Waals surface area contributed by atoms with Gasteiger partial charge in [-0.2, -0.15) is 0 Å². The van der Waals surface area contributed by atoms with Gasteiger partial charge in [-0.15, -0.1) is 11.3 Å². The van der Waals surface area contributed by atoms with Crippen molar-refractivity contribution < 1.29 is 9.53 Å². The fourth-order valence-electron chi connectivity index (χ4n) is 1.48. The molecule has 0 amide bonds. The third-order valence-corrected chi connectivity index (χ3v) is 3.08. The summed E-state index contributed by atoms with van der Waals surface area (Å²) < 4.78 is 6.79. The lowest BCUT2D eigenvalue weighted by atomic mass is 10.4. The molecule has 2 aromatic heterocycles. The van der Waals surface area contributed by atoms with Crippen molar-refractivity contribution in [3.8, 4) is 0 Å².